The lowest BCUT2D eigenvalue weighted by Gasteiger charge is -2.10. The Morgan fingerprint density at radius 3 is 2.41 bits per heavy atom. The summed E-state index contributed by atoms with van der Waals surface area (Å²) in [6.07, 6.45) is 1.39. The van der Waals surface area contributed by atoms with E-state index in [4.69, 9.17) is 18.6 Å². The fourth-order valence-corrected chi connectivity index (χ4v) is 2.61. The molecule has 0 bridgehead atoms. The Morgan fingerprint density at radius 2 is 1.74 bits per heavy atom. The van der Waals surface area contributed by atoms with Gasteiger partial charge in [-0.2, -0.15) is 0 Å². The zero-order valence-electron chi connectivity index (χ0n) is 15.6. The number of esters is 1. The number of hydrogen-bond donors (Lipinski definition) is 0. The number of fused-ring (bicyclic) bond motifs is 1. The second-order valence-electron chi connectivity index (χ2n) is 6.28. The first kappa shape index (κ1) is 18.5. The molecule has 0 aliphatic rings. The lowest BCUT2D eigenvalue weighted by molar-refractivity contribution is -0.137. The lowest BCUT2D eigenvalue weighted by Crippen LogP contribution is -2.14. The second kappa shape index (κ2) is 7.53. The molecular formula is C21H20O6. The van der Waals surface area contributed by atoms with Gasteiger partial charge in [-0.25, -0.2) is 0 Å². The molecule has 0 atom stereocenters. The molecule has 0 saturated heterocycles. The highest BCUT2D eigenvalue weighted by Gasteiger charge is 2.14. The van der Waals surface area contributed by atoms with Crippen LogP contribution in [0.1, 0.15) is 13.8 Å². The molecular weight excluding hydrogens is 348 g/mol. The third kappa shape index (κ3) is 3.65. The monoisotopic (exact) mass is 368 g/mol. The average Bonchev–Trinajstić information content (AvgIpc) is 2.67. The zero-order chi connectivity index (χ0) is 19.6. The van der Waals surface area contributed by atoms with Gasteiger partial charge in [0.15, 0.2) is 16.9 Å². The van der Waals surface area contributed by atoms with E-state index in [-0.39, 0.29) is 17.3 Å². The first-order chi connectivity index (χ1) is 12.9. The van der Waals surface area contributed by atoms with Crippen molar-refractivity contribution in [2.75, 3.05) is 14.2 Å². The van der Waals surface area contributed by atoms with Crippen molar-refractivity contribution >= 4 is 16.9 Å². The van der Waals surface area contributed by atoms with E-state index in [0.29, 0.717) is 39.3 Å². The Balaban J connectivity index is 2.03. The third-order valence-electron chi connectivity index (χ3n) is 4.13. The molecule has 0 radical (unpaired) electrons. The second-order valence-corrected chi connectivity index (χ2v) is 6.28. The first-order valence-electron chi connectivity index (χ1n) is 8.44. The summed E-state index contributed by atoms with van der Waals surface area (Å²) < 4.78 is 21.4. The van der Waals surface area contributed by atoms with Crippen molar-refractivity contribution in [1.29, 1.82) is 0 Å². The molecule has 0 amide bonds. The van der Waals surface area contributed by atoms with Gasteiger partial charge < -0.3 is 18.6 Å². The van der Waals surface area contributed by atoms with Crippen LogP contribution >= 0.6 is 0 Å². The quantitative estimate of drug-likeness (QED) is 0.500. The summed E-state index contributed by atoms with van der Waals surface area (Å²) in [7, 11) is 3.08. The van der Waals surface area contributed by atoms with E-state index in [1.807, 2.05) is 0 Å². The van der Waals surface area contributed by atoms with Crippen LogP contribution in [0.5, 0.6) is 17.2 Å². The predicted molar refractivity (Wildman–Crippen MR) is 101 cm³/mol. The van der Waals surface area contributed by atoms with Crippen LogP contribution in [0.3, 0.4) is 0 Å². The highest BCUT2D eigenvalue weighted by atomic mass is 16.5. The topological polar surface area (TPSA) is 75.0 Å². The van der Waals surface area contributed by atoms with E-state index in [1.54, 1.807) is 51.3 Å². The van der Waals surface area contributed by atoms with Crippen LogP contribution in [0.4, 0.5) is 0 Å². The minimum atomic E-state index is -0.348. The SMILES string of the molecule is COc1ccc(-c2coc3cc(OC(=O)C(C)C)ccc3c2=O)cc1OC. The number of carbonyl (C=O) groups is 1. The summed E-state index contributed by atoms with van der Waals surface area (Å²) in [6, 6.07) is 9.92. The van der Waals surface area contributed by atoms with Crippen LogP contribution in [0.15, 0.2) is 51.9 Å². The molecule has 3 aromatic rings. The molecule has 0 fully saturated rings. The molecule has 1 aromatic heterocycles. The van der Waals surface area contributed by atoms with Crippen molar-refractivity contribution in [3.63, 3.8) is 0 Å². The zero-order valence-corrected chi connectivity index (χ0v) is 15.6. The van der Waals surface area contributed by atoms with Crippen LogP contribution < -0.4 is 19.6 Å². The van der Waals surface area contributed by atoms with E-state index >= 15 is 0 Å². The molecule has 0 aliphatic heterocycles. The predicted octanol–water partition coefficient (Wildman–Crippen LogP) is 4.04. The van der Waals surface area contributed by atoms with E-state index < -0.39 is 0 Å². The molecule has 0 saturated carbocycles. The van der Waals surface area contributed by atoms with Crippen LogP contribution in [0.25, 0.3) is 22.1 Å². The molecule has 0 aliphatic carbocycles. The molecule has 0 unspecified atom stereocenters. The van der Waals surface area contributed by atoms with Gasteiger partial charge in [0.2, 0.25) is 0 Å². The Hall–Kier alpha value is -3.28. The Morgan fingerprint density at radius 1 is 1.00 bits per heavy atom. The van der Waals surface area contributed by atoms with Crippen molar-refractivity contribution in [2.45, 2.75) is 13.8 Å². The molecule has 6 nitrogen and oxygen atoms in total. The lowest BCUT2D eigenvalue weighted by atomic mass is 10.0. The van der Waals surface area contributed by atoms with Crippen LogP contribution in [0.2, 0.25) is 0 Å². The van der Waals surface area contributed by atoms with Gasteiger partial charge in [-0.1, -0.05) is 19.9 Å². The minimum absolute atomic E-state index is 0.190. The van der Waals surface area contributed by atoms with Gasteiger partial charge >= 0.3 is 5.97 Å². The fourth-order valence-electron chi connectivity index (χ4n) is 2.61. The van der Waals surface area contributed by atoms with E-state index in [2.05, 4.69) is 0 Å². The number of methoxy groups -OCH3 is 2. The number of hydrogen-bond acceptors (Lipinski definition) is 6. The number of rotatable bonds is 5. The van der Waals surface area contributed by atoms with E-state index in [1.165, 1.54) is 19.4 Å². The van der Waals surface area contributed by atoms with Gasteiger partial charge in [0.25, 0.3) is 0 Å². The fraction of sp³-hybridized carbons (Fsp3) is 0.238. The molecule has 0 N–H and O–H groups in total. The Kier molecular flexibility index (Phi) is 5.16. The number of ether oxygens (including phenoxy) is 3. The van der Waals surface area contributed by atoms with Gasteiger partial charge in [-0.05, 0) is 29.8 Å². The summed E-state index contributed by atoms with van der Waals surface area (Å²) in [4.78, 5) is 24.6. The largest absolute Gasteiger partial charge is 0.493 e. The van der Waals surface area contributed by atoms with E-state index in [0.717, 1.165) is 0 Å². The summed E-state index contributed by atoms with van der Waals surface area (Å²) >= 11 is 0. The van der Waals surface area contributed by atoms with Crippen molar-refractivity contribution in [1.82, 2.24) is 0 Å². The van der Waals surface area contributed by atoms with Crippen LogP contribution in [0, 0.1) is 5.92 Å². The molecule has 27 heavy (non-hydrogen) atoms. The molecule has 2 aromatic carbocycles. The van der Waals surface area contributed by atoms with Crippen LogP contribution in [-0.4, -0.2) is 20.2 Å². The van der Waals surface area contributed by atoms with Crippen molar-refractivity contribution in [3.8, 4) is 28.4 Å². The van der Waals surface area contributed by atoms with E-state index in [9.17, 15) is 9.59 Å². The van der Waals surface area contributed by atoms with Gasteiger partial charge in [0.1, 0.15) is 17.6 Å². The molecule has 140 valence electrons. The van der Waals surface area contributed by atoms with Crippen molar-refractivity contribution < 1.29 is 23.4 Å². The molecule has 3 rings (SSSR count). The summed E-state index contributed by atoms with van der Waals surface area (Å²) in [5.41, 5.74) is 1.21. The summed E-state index contributed by atoms with van der Waals surface area (Å²) in [5.74, 6) is 0.829. The van der Waals surface area contributed by atoms with Gasteiger partial charge in [-0.15, -0.1) is 0 Å². The summed E-state index contributed by atoms with van der Waals surface area (Å²) in [6.45, 7) is 3.50. The summed E-state index contributed by atoms with van der Waals surface area (Å²) in [5, 5.41) is 0.395. The smallest absolute Gasteiger partial charge is 0.313 e. The van der Waals surface area contributed by atoms with Crippen molar-refractivity contribution in [2.24, 2.45) is 5.92 Å². The van der Waals surface area contributed by atoms with Gasteiger partial charge in [-0.3, -0.25) is 9.59 Å². The first-order valence-corrected chi connectivity index (χ1v) is 8.44. The molecule has 0 spiro atoms. The van der Waals surface area contributed by atoms with Crippen molar-refractivity contribution in [3.05, 3.63) is 52.9 Å². The number of benzene rings is 2. The van der Waals surface area contributed by atoms with Crippen LogP contribution in [-0.2, 0) is 4.79 Å². The average molecular weight is 368 g/mol. The Bertz CT molecular complexity index is 1050. The maximum atomic E-state index is 12.9. The highest BCUT2D eigenvalue weighted by molar-refractivity contribution is 5.84. The molecule has 6 heteroatoms. The highest BCUT2D eigenvalue weighted by Crippen LogP contribution is 2.32. The minimum Gasteiger partial charge on any atom is -0.493 e. The van der Waals surface area contributed by atoms with Gasteiger partial charge in [0.05, 0.1) is 31.1 Å². The van der Waals surface area contributed by atoms with Gasteiger partial charge in [0, 0.05) is 6.07 Å². The normalized spacial score (nSPS) is 10.9. The third-order valence-corrected chi connectivity index (χ3v) is 4.13. The number of carbonyl (C=O) groups excluding carboxylic acids is 1. The standard InChI is InChI=1S/C21H20O6/c1-12(2)21(23)27-14-6-7-15-18(10-14)26-11-16(20(15)22)13-5-8-17(24-3)19(9-13)25-4/h5-12H,1-4H3. The maximum absolute atomic E-state index is 12.9. The maximum Gasteiger partial charge on any atom is 0.313 e. The Labute approximate surface area is 156 Å². The molecule has 1 heterocycles.